The molecule has 0 aliphatic carbocycles. The molecule has 0 N–H and O–H groups in total. The van der Waals surface area contributed by atoms with E-state index >= 15 is 0 Å². The topological polar surface area (TPSA) is 56.0 Å². The Morgan fingerprint density at radius 2 is 1.93 bits per heavy atom. The van der Waals surface area contributed by atoms with Gasteiger partial charge >= 0.3 is 0 Å². The van der Waals surface area contributed by atoms with Crippen molar-refractivity contribution in [3.8, 4) is 5.69 Å². The molecule has 5 rings (SSSR count). The molecule has 0 saturated carbocycles. The number of aromatic nitrogens is 4. The number of imidazole rings is 1. The first-order valence-electron chi connectivity index (χ1n) is 8.97. The van der Waals surface area contributed by atoms with Crippen molar-refractivity contribution < 1.29 is 9.18 Å². The molecule has 138 valence electrons. The van der Waals surface area contributed by atoms with Crippen molar-refractivity contribution in [2.75, 3.05) is 6.54 Å². The molecule has 2 aliphatic heterocycles. The molecule has 0 spiro atoms. The third kappa shape index (κ3) is 2.70. The van der Waals surface area contributed by atoms with E-state index in [-0.39, 0.29) is 11.7 Å². The lowest BCUT2D eigenvalue weighted by molar-refractivity contribution is 0.0723. The van der Waals surface area contributed by atoms with Crippen LogP contribution in [0.1, 0.15) is 34.0 Å². The summed E-state index contributed by atoms with van der Waals surface area (Å²) < 4.78 is 17.9. The second-order valence-corrected chi connectivity index (χ2v) is 7.69. The zero-order valence-electron chi connectivity index (χ0n) is 14.5. The van der Waals surface area contributed by atoms with Crippen molar-refractivity contribution in [1.29, 1.82) is 0 Å². The Labute approximate surface area is 163 Å². The number of amides is 1. The van der Waals surface area contributed by atoms with Crippen LogP contribution in [0.3, 0.4) is 0 Å². The Morgan fingerprint density at radius 3 is 2.70 bits per heavy atom. The van der Waals surface area contributed by atoms with Gasteiger partial charge in [-0.2, -0.15) is 5.10 Å². The molecule has 0 unspecified atom stereocenters. The molecular formula is C19H17BrFN5O. The smallest absolute Gasteiger partial charge is 0.275 e. The molecule has 0 atom stereocenters. The van der Waals surface area contributed by atoms with E-state index in [0.717, 1.165) is 46.6 Å². The van der Waals surface area contributed by atoms with Gasteiger partial charge in [-0.05, 0) is 53.0 Å². The molecule has 2 aromatic heterocycles. The van der Waals surface area contributed by atoms with E-state index in [2.05, 4.69) is 26.0 Å². The first kappa shape index (κ1) is 16.7. The molecular weight excluding hydrogens is 413 g/mol. The SMILES string of the molecule is O=C(c1nn2c(c1Br)CCC2)N1CCc2c(ncn2-c2ccc(F)cc2)C1. The van der Waals surface area contributed by atoms with Gasteiger partial charge in [0.2, 0.25) is 0 Å². The second-order valence-electron chi connectivity index (χ2n) is 6.90. The lowest BCUT2D eigenvalue weighted by atomic mass is 10.1. The minimum absolute atomic E-state index is 0.0641. The van der Waals surface area contributed by atoms with Crippen LogP contribution in [0.4, 0.5) is 4.39 Å². The summed E-state index contributed by atoms with van der Waals surface area (Å²) in [5.41, 5.74) is 4.42. The maximum Gasteiger partial charge on any atom is 0.275 e. The number of nitrogens with zero attached hydrogens (tertiary/aromatic N) is 5. The predicted octanol–water partition coefficient (Wildman–Crippen LogP) is 3.12. The fraction of sp³-hybridized carbons (Fsp3) is 0.316. The molecule has 1 amide bonds. The highest BCUT2D eigenvalue weighted by atomic mass is 79.9. The van der Waals surface area contributed by atoms with Crippen molar-refractivity contribution in [1.82, 2.24) is 24.2 Å². The highest BCUT2D eigenvalue weighted by molar-refractivity contribution is 9.10. The average molecular weight is 430 g/mol. The monoisotopic (exact) mass is 429 g/mol. The van der Waals surface area contributed by atoms with E-state index in [0.29, 0.717) is 25.2 Å². The van der Waals surface area contributed by atoms with E-state index < -0.39 is 0 Å². The number of halogens is 2. The summed E-state index contributed by atoms with van der Waals surface area (Å²) in [6.45, 7) is 1.93. The van der Waals surface area contributed by atoms with Gasteiger partial charge < -0.3 is 9.47 Å². The van der Waals surface area contributed by atoms with Crippen LogP contribution in [0.25, 0.3) is 5.69 Å². The summed E-state index contributed by atoms with van der Waals surface area (Å²) in [5.74, 6) is -0.326. The van der Waals surface area contributed by atoms with Crippen LogP contribution >= 0.6 is 15.9 Å². The van der Waals surface area contributed by atoms with E-state index in [1.165, 1.54) is 12.1 Å². The molecule has 8 heteroatoms. The van der Waals surface area contributed by atoms with Gasteiger partial charge in [-0.25, -0.2) is 9.37 Å². The van der Waals surface area contributed by atoms with Crippen molar-refractivity contribution in [3.05, 3.63) is 63.7 Å². The molecule has 4 heterocycles. The zero-order valence-corrected chi connectivity index (χ0v) is 16.1. The highest BCUT2D eigenvalue weighted by Crippen LogP contribution is 2.29. The Hall–Kier alpha value is -2.48. The molecule has 3 aromatic rings. The molecule has 0 saturated heterocycles. The number of hydrogen-bond acceptors (Lipinski definition) is 3. The third-order valence-corrected chi connectivity index (χ3v) is 6.12. The molecule has 0 radical (unpaired) electrons. The minimum atomic E-state index is -0.262. The van der Waals surface area contributed by atoms with Crippen molar-refractivity contribution >= 4 is 21.8 Å². The van der Waals surface area contributed by atoms with E-state index in [9.17, 15) is 9.18 Å². The predicted molar refractivity (Wildman–Crippen MR) is 100 cm³/mol. The van der Waals surface area contributed by atoms with Gasteiger partial charge in [-0.3, -0.25) is 9.48 Å². The number of aryl methyl sites for hydroxylation is 1. The van der Waals surface area contributed by atoms with Crippen LogP contribution < -0.4 is 0 Å². The lowest BCUT2D eigenvalue weighted by Gasteiger charge is -2.26. The van der Waals surface area contributed by atoms with Crippen LogP contribution in [0.5, 0.6) is 0 Å². The average Bonchev–Trinajstić information content (AvgIpc) is 3.38. The van der Waals surface area contributed by atoms with Gasteiger partial charge in [-0.1, -0.05) is 0 Å². The van der Waals surface area contributed by atoms with Gasteiger partial charge in [-0.15, -0.1) is 0 Å². The van der Waals surface area contributed by atoms with Crippen LogP contribution in [-0.2, 0) is 25.9 Å². The number of carbonyl (C=O) groups is 1. The summed E-state index contributed by atoms with van der Waals surface area (Å²) >= 11 is 3.56. The first-order chi connectivity index (χ1) is 13.1. The quantitative estimate of drug-likeness (QED) is 0.628. The highest BCUT2D eigenvalue weighted by Gasteiger charge is 2.30. The Kier molecular flexibility index (Phi) is 3.89. The minimum Gasteiger partial charge on any atom is -0.331 e. The molecule has 0 fully saturated rings. The van der Waals surface area contributed by atoms with Crippen LogP contribution in [0.15, 0.2) is 35.1 Å². The summed E-state index contributed by atoms with van der Waals surface area (Å²) in [6, 6.07) is 6.35. The fourth-order valence-electron chi connectivity index (χ4n) is 3.89. The van der Waals surface area contributed by atoms with Crippen molar-refractivity contribution in [2.24, 2.45) is 0 Å². The molecule has 1 aromatic carbocycles. The molecule has 27 heavy (non-hydrogen) atoms. The Morgan fingerprint density at radius 1 is 1.11 bits per heavy atom. The Bertz CT molecular complexity index is 1040. The second kappa shape index (κ2) is 6.30. The van der Waals surface area contributed by atoms with E-state index in [1.807, 2.05) is 9.25 Å². The molecule has 0 bridgehead atoms. The lowest BCUT2D eigenvalue weighted by Crippen LogP contribution is -2.37. The van der Waals surface area contributed by atoms with Crippen molar-refractivity contribution in [3.63, 3.8) is 0 Å². The number of hydrogen-bond donors (Lipinski definition) is 0. The van der Waals surface area contributed by atoms with Gasteiger partial charge in [0.15, 0.2) is 5.69 Å². The van der Waals surface area contributed by atoms with Crippen molar-refractivity contribution in [2.45, 2.75) is 32.4 Å². The summed E-state index contributed by atoms with van der Waals surface area (Å²) in [6.07, 6.45) is 4.47. The van der Waals surface area contributed by atoms with Gasteiger partial charge in [0.05, 0.1) is 28.7 Å². The van der Waals surface area contributed by atoms with Gasteiger partial charge in [0.25, 0.3) is 5.91 Å². The molecule has 2 aliphatic rings. The Balaban J connectivity index is 1.40. The standard InChI is InChI=1S/C19H17BrFN5O/c20-17-16-2-1-8-26(16)23-18(17)19(27)24-9-7-15-14(10-24)22-11-25(15)13-5-3-12(21)4-6-13/h3-6,11H,1-2,7-10H2. The van der Waals surface area contributed by atoms with E-state index in [4.69, 9.17) is 0 Å². The summed E-state index contributed by atoms with van der Waals surface area (Å²) in [7, 11) is 0. The van der Waals surface area contributed by atoms with Crippen LogP contribution in [-0.4, -0.2) is 36.7 Å². The summed E-state index contributed by atoms with van der Waals surface area (Å²) in [5, 5.41) is 4.50. The maximum absolute atomic E-state index is 13.2. The largest absolute Gasteiger partial charge is 0.331 e. The van der Waals surface area contributed by atoms with Gasteiger partial charge in [0, 0.05) is 30.9 Å². The van der Waals surface area contributed by atoms with Gasteiger partial charge in [0.1, 0.15) is 5.82 Å². The number of fused-ring (bicyclic) bond motifs is 2. The number of rotatable bonds is 2. The fourth-order valence-corrected chi connectivity index (χ4v) is 4.54. The maximum atomic E-state index is 13.2. The third-order valence-electron chi connectivity index (χ3n) is 5.28. The summed E-state index contributed by atoms with van der Waals surface area (Å²) in [4.78, 5) is 19.3. The first-order valence-corrected chi connectivity index (χ1v) is 9.76. The molecule has 6 nitrogen and oxygen atoms in total. The number of benzene rings is 1. The zero-order chi connectivity index (χ0) is 18.5. The van der Waals surface area contributed by atoms with E-state index in [1.54, 1.807) is 23.4 Å². The number of carbonyl (C=O) groups excluding carboxylic acids is 1. The van der Waals surface area contributed by atoms with Crippen LogP contribution in [0, 0.1) is 5.82 Å². The normalized spacial score (nSPS) is 15.7. The van der Waals surface area contributed by atoms with Crippen LogP contribution in [0.2, 0.25) is 0 Å².